The van der Waals surface area contributed by atoms with Gasteiger partial charge < -0.3 is 5.11 Å². The monoisotopic (exact) mass is 319 g/mol. The van der Waals surface area contributed by atoms with Crippen molar-refractivity contribution in [1.29, 1.82) is 0 Å². The number of carboxylic acid groups (broad SMARTS) is 1. The fourth-order valence-electron chi connectivity index (χ4n) is 3.55. The quantitative estimate of drug-likeness (QED) is 0.859. The third-order valence-electron chi connectivity index (χ3n) is 4.72. The van der Waals surface area contributed by atoms with E-state index < -0.39 is 12.1 Å². The molecule has 0 amide bonds. The van der Waals surface area contributed by atoms with Crippen molar-refractivity contribution in [3.05, 3.63) is 35.9 Å². The number of aliphatic carboxylic acids is 1. The Hall–Kier alpha value is -1.39. The highest BCUT2D eigenvalue weighted by Gasteiger charge is 2.44. The molecule has 1 aliphatic heterocycles. The summed E-state index contributed by atoms with van der Waals surface area (Å²) in [6.07, 6.45) is 3.53. The lowest BCUT2D eigenvalue weighted by atomic mass is 9.82. The minimum Gasteiger partial charge on any atom is -0.479 e. The van der Waals surface area contributed by atoms with E-state index >= 15 is 0 Å². The Morgan fingerprint density at radius 3 is 2.26 bits per heavy atom. The van der Waals surface area contributed by atoms with Crippen molar-refractivity contribution in [3.8, 4) is 0 Å². The van der Waals surface area contributed by atoms with Gasteiger partial charge in [0.05, 0.1) is 0 Å². The third kappa shape index (κ3) is 4.55. The van der Waals surface area contributed by atoms with Crippen molar-refractivity contribution in [3.63, 3.8) is 0 Å². The fraction of sp³-hybridized carbons (Fsp3) is 0.632. The molecule has 1 aliphatic rings. The summed E-state index contributed by atoms with van der Waals surface area (Å²) >= 11 is 0. The van der Waals surface area contributed by atoms with E-state index in [-0.39, 0.29) is 11.1 Å². The molecule has 1 heterocycles. The van der Waals surface area contributed by atoms with Gasteiger partial charge in [0, 0.05) is 11.1 Å². The minimum atomic E-state index is -0.891. The zero-order valence-electron chi connectivity index (χ0n) is 14.7. The van der Waals surface area contributed by atoms with E-state index in [4.69, 9.17) is 4.84 Å². The molecule has 1 atom stereocenters. The average Bonchev–Trinajstić information content (AvgIpc) is 2.45. The lowest BCUT2D eigenvalue weighted by Gasteiger charge is -2.52. The molecule has 1 saturated heterocycles. The number of hydroxylamine groups is 2. The molecule has 1 N–H and O–H groups in total. The predicted molar refractivity (Wildman–Crippen MR) is 91.1 cm³/mol. The molecule has 0 radical (unpaired) electrons. The van der Waals surface area contributed by atoms with Crippen molar-refractivity contribution in [2.45, 2.75) is 77.0 Å². The Labute approximate surface area is 139 Å². The average molecular weight is 319 g/mol. The first kappa shape index (κ1) is 18.0. The van der Waals surface area contributed by atoms with Crippen LogP contribution in [0.1, 0.15) is 58.9 Å². The molecule has 0 spiro atoms. The van der Waals surface area contributed by atoms with E-state index in [1.165, 1.54) is 0 Å². The van der Waals surface area contributed by atoms with Crippen molar-refractivity contribution in [2.24, 2.45) is 0 Å². The van der Waals surface area contributed by atoms with Gasteiger partial charge in [-0.15, -0.1) is 0 Å². The first-order valence-corrected chi connectivity index (χ1v) is 8.46. The first-order valence-electron chi connectivity index (χ1n) is 8.46. The summed E-state index contributed by atoms with van der Waals surface area (Å²) in [4.78, 5) is 17.7. The highest BCUT2D eigenvalue weighted by atomic mass is 16.7. The number of hydrogen-bond donors (Lipinski definition) is 1. The molecule has 1 aromatic carbocycles. The summed E-state index contributed by atoms with van der Waals surface area (Å²) in [6.45, 7) is 8.52. The van der Waals surface area contributed by atoms with Crippen LogP contribution in [0.5, 0.6) is 0 Å². The number of carboxylic acids is 1. The second-order valence-electron chi connectivity index (χ2n) is 7.73. The molecule has 0 aromatic heterocycles. The van der Waals surface area contributed by atoms with Crippen molar-refractivity contribution in [1.82, 2.24) is 5.06 Å². The van der Waals surface area contributed by atoms with E-state index in [1.54, 1.807) is 0 Å². The second kappa shape index (κ2) is 7.02. The van der Waals surface area contributed by atoms with Gasteiger partial charge in [-0.05, 0) is 65.4 Å². The van der Waals surface area contributed by atoms with Crippen LogP contribution in [0.25, 0.3) is 0 Å². The molecule has 0 saturated carbocycles. The van der Waals surface area contributed by atoms with Gasteiger partial charge in [0.15, 0.2) is 6.10 Å². The predicted octanol–water partition coefficient (Wildman–Crippen LogP) is 4.05. The fourth-order valence-corrected chi connectivity index (χ4v) is 3.55. The van der Waals surface area contributed by atoms with Crippen molar-refractivity contribution >= 4 is 5.97 Å². The minimum absolute atomic E-state index is 0.151. The third-order valence-corrected chi connectivity index (χ3v) is 4.72. The normalized spacial score (nSPS) is 21.7. The van der Waals surface area contributed by atoms with E-state index in [0.717, 1.165) is 24.8 Å². The van der Waals surface area contributed by atoms with Gasteiger partial charge in [0.1, 0.15) is 0 Å². The number of carbonyl (C=O) groups is 1. The highest BCUT2D eigenvalue weighted by Crippen LogP contribution is 2.39. The van der Waals surface area contributed by atoms with Crippen molar-refractivity contribution < 1.29 is 14.7 Å². The van der Waals surface area contributed by atoms with Crippen LogP contribution in [0.4, 0.5) is 0 Å². The SMILES string of the molecule is CC1(C)CCCC(C)(C)N1O[C@@H](CCc1ccccc1)C(=O)O. The van der Waals surface area contributed by atoms with Crippen LogP contribution >= 0.6 is 0 Å². The standard InChI is InChI=1S/C19H29NO3/c1-18(2)13-8-14-19(3,4)20(18)23-16(17(21)22)12-11-15-9-6-5-7-10-15/h5-7,9-10,16H,8,11-14H2,1-4H3,(H,21,22)/t16-/m0/s1. The van der Waals surface area contributed by atoms with E-state index in [0.29, 0.717) is 12.8 Å². The van der Waals surface area contributed by atoms with E-state index in [9.17, 15) is 9.90 Å². The molecule has 0 aliphatic carbocycles. The van der Waals surface area contributed by atoms with Crippen LogP contribution in [0.15, 0.2) is 30.3 Å². The number of rotatable bonds is 6. The van der Waals surface area contributed by atoms with Gasteiger partial charge in [-0.1, -0.05) is 30.3 Å². The lowest BCUT2D eigenvalue weighted by molar-refractivity contribution is -0.302. The Bertz CT molecular complexity index is 509. The zero-order valence-corrected chi connectivity index (χ0v) is 14.7. The summed E-state index contributed by atoms with van der Waals surface area (Å²) in [5.74, 6) is -0.891. The Morgan fingerprint density at radius 1 is 1.17 bits per heavy atom. The maximum absolute atomic E-state index is 11.7. The molecule has 4 heteroatoms. The van der Waals surface area contributed by atoms with Crippen molar-refractivity contribution in [2.75, 3.05) is 0 Å². The molecular formula is C19H29NO3. The Kier molecular flexibility index (Phi) is 5.48. The van der Waals surface area contributed by atoms with Gasteiger partial charge in [-0.25, -0.2) is 4.79 Å². The molecule has 1 fully saturated rings. The zero-order chi connectivity index (χ0) is 17.1. The van der Waals surface area contributed by atoms with Gasteiger partial charge in [-0.3, -0.25) is 4.84 Å². The van der Waals surface area contributed by atoms with Crippen LogP contribution in [0.3, 0.4) is 0 Å². The summed E-state index contributed by atoms with van der Waals surface area (Å²) in [5, 5.41) is 11.5. The number of hydrogen-bond acceptors (Lipinski definition) is 3. The van der Waals surface area contributed by atoms with Gasteiger partial charge in [0.2, 0.25) is 0 Å². The number of benzene rings is 1. The number of nitrogens with zero attached hydrogens (tertiary/aromatic N) is 1. The summed E-state index contributed by atoms with van der Waals surface area (Å²) in [5.41, 5.74) is 0.837. The summed E-state index contributed by atoms with van der Waals surface area (Å²) in [7, 11) is 0. The van der Waals surface area contributed by atoms with Crippen LogP contribution < -0.4 is 0 Å². The topological polar surface area (TPSA) is 49.8 Å². The highest BCUT2D eigenvalue weighted by molar-refractivity contribution is 5.72. The molecular weight excluding hydrogens is 290 g/mol. The maximum atomic E-state index is 11.7. The van der Waals surface area contributed by atoms with E-state index in [2.05, 4.69) is 27.7 Å². The molecule has 0 bridgehead atoms. The second-order valence-corrected chi connectivity index (χ2v) is 7.73. The van der Waals surface area contributed by atoms with Gasteiger partial charge in [-0.2, -0.15) is 5.06 Å². The van der Waals surface area contributed by atoms with Crippen LogP contribution in [-0.2, 0) is 16.1 Å². The molecule has 4 nitrogen and oxygen atoms in total. The molecule has 23 heavy (non-hydrogen) atoms. The maximum Gasteiger partial charge on any atom is 0.334 e. The smallest absolute Gasteiger partial charge is 0.334 e. The first-order chi connectivity index (χ1) is 10.7. The largest absolute Gasteiger partial charge is 0.479 e. The van der Waals surface area contributed by atoms with Crippen LogP contribution in [0.2, 0.25) is 0 Å². The van der Waals surface area contributed by atoms with Gasteiger partial charge >= 0.3 is 5.97 Å². The lowest BCUT2D eigenvalue weighted by Crippen LogP contribution is -2.59. The molecule has 0 unspecified atom stereocenters. The van der Waals surface area contributed by atoms with Crippen LogP contribution in [0, 0.1) is 0 Å². The number of aryl methyl sites for hydroxylation is 1. The molecule has 1 aromatic rings. The summed E-state index contributed by atoms with van der Waals surface area (Å²) in [6, 6.07) is 9.96. The number of piperidine rings is 1. The molecule has 2 rings (SSSR count). The molecule has 128 valence electrons. The van der Waals surface area contributed by atoms with Gasteiger partial charge in [0.25, 0.3) is 0 Å². The van der Waals surface area contributed by atoms with Crippen LogP contribution in [-0.4, -0.2) is 33.3 Å². The van der Waals surface area contributed by atoms with E-state index in [1.807, 2.05) is 35.4 Å². The Morgan fingerprint density at radius 2 is 1.74 bits per heavy atom. The Balaban J connectivity index is 2.07. The summed E-state index contributed by atoms with van der Waals surface area (Å²) < 4.78 is 0.